The van der Waals surface area contributed by atoms with Crippen molar-refractivity contribution in [3.63, 3.8) is 0 Å². The van der Waals surface area contributed by atoms with Crippen molar-refractivity contribution in [2.24, 2.45) is 0 Å². The first-order valence-electron chi connectivity index (χ1n) is 13.3. The number of likely N-dealkylation sites (tertiary alicyclic amines) is 1. The largest absolute Gasteiger partial charge is 0.481 e. The van der Waals surface area contributed by atoms with E-state index in [0.29, 0.717) is 52.0 Å². The molecule has 224 valence electrons. The predicted octanol–water partition coefficient (Wildman–Crippen LogP) is 1.24. The van der Waals surface area contributed by atoms with E-state index >= 15 is 0 Å². The lowest BCUT2D eigenvalue weighted by molar-refractivity contribution is -0.137. The van der Waals surface area contributed by atoms with Gasteiger partial charge < -0.3 is 24.7 Å². The number of benzene rings is 1. The molecule has 2 N–H and O–H groups in total. The Morgan fingerprint density at radius 1 is 1.14 bits per heavy atom. The van der Waals surface area contributed by atoms with Gasteiger partial charge in [-0.2, -0.15) is 4.31 Å². The number of methoxy groups -OCH3 is 1. The van der Waals surface area contributed by atoms with Crippen LogP contribution in [0.3, 0.4) is 0 Å². The number of carboxylic acids is 1. The number of hydrogen-bond donors (Lipinski definition) is 2. The molecule has 2 aliphatic heterocycles. The topological polar surface area (TPSA) is 171 Å². The van der Waals surface area contributed by atoms with Crippen molar-refractivity contribution in [3.05, 3.63) is 40.9 Å². The molecule has 1 saturated heterocycles. The lowest BCUT2D eigenvalue weighted by atomic mass is 9.81. The number of anilines is 1. The van der Waals surface area contributed by atoms with Gasteiger partial charge in [0.25, 0.3) is 0 Å². The van der Waals surface area contributed by atoms with Gasteiger partial charge >= 0.3 is 5.97 Å². The normalized spacial score (nSPS) is 18.3. The first kappa shape index (κ1) is 29.8. The van der Waals surface area contributed by atoms with Crippen LogP contribution in [0.25, 0.3) is 10.3 Å². The van der Waals surface area contributed by atoms with Gasteiger partial charge in [-0.15, -0.1) is 0 Å². The number of pyridine rings is 1. The van der Waals surface area contributed by atoms with Crippen LogP contribution >= 0.6 is 11.3 Å². The summed E-state index contributed by atoms with van der Waals surface area (Å²) in [5, 5.41) is 19.1. The fraction of sp³-hybridized carbons (Fsp3) is 0.444. The molecule has 1 fully saturated rings. The second-order valence-electron chi connectivity index (χ2n) is 10.4. The molecule has 0 radical (unpaired) electrons. The number of rotatable bonds is 10. The maximum absolute atomic E-state index is 13.7. The number of aromatic nitrogens is 2. The second-order valence-corrected chi connectivity index (χ2v) is 13.4. The first-order chi connectivity index (χ1) is 20.0. The van der Waals surface area contributed by atoms with Crippen molar-refractivity contribution in [1.29, 1.82) is 0 Å². The zero-order valence-corrected chi connectivity index (χ0v) is 24.8. The Hall–Kier alpha value is -3.66. The average molecular weight is 618 g/mol. The molecule has 13 nitrogen and oxygen atoms in total. The van der Waals surface area contributed by atoms with Gasteiger partial charge in [0.2, 0.25) is 27.7 Å². The van der Waals surface area contributed by atoms with Crippen molar-refractivity contribution in [2.45, 2.75) is 36.5 Å². The van der Waals surface area contributed by atoms with Crippen molar-refractivity contribution < 1.29 is 37.8 Å². The Balaban J connectivity index is 1.49. The molecule has 3 aromatic rings. The van der Waals surface area contributed by atoms with Gasteiger partial charge in [0.15, 0.2) is 0 Å². The van der Waals surface area contributed by atoms with Gasteiger partial charge in [-0.05, 0) is 36.2 Å². The van der Waals surface area contributed by atoms with E-state index in [2.05, 4.69) is 9.97 Å². The molecule has 1 atom stereocenters. The van der Waals surface area contributed by atoms with Gasteiger partial charge in [-0.25, -0.2) is 18.4 Å². The minimum absolute atomic E-state index is 0.00873. The highest BCUT2D eigenvalue weighted by Gasteiger charge is 2.50. The Labute approximate surface area is 246 Å². The van der Waals surface area contributed by atoms with E-state index < -0.39 is 34.4 Å². The van der Waals surface area contributed by atoms with E-state index in [9.17, 15) is 27.9 Å². The third-order valence-corrected chi connectivity index (χ3v) is 10.6. The van der Waals surface area contributed by atoms with Crippen molar-refractivity contribution >= 4 is 55.2 Å². The highest BCUT2D eigenvalue weighted by Crippen LogP contribution is 2.47. The number of carbonyl (C=O) groups is 3. The maximum Gasteiger partial charge on any atom is 0.304 e. The summed E-state index contributed by atoms with van der Waals surface area (Å²) in [7, 11) is -2.64. The molecule has 1 spiro atoms. The molecule has 0 aliphatic carbocycles. The van der Waals surface area contributed by atoms with Crippen molar-refractivity contribution in [2.75, 3.05) is 51.3 Å². The molecule has 2 aromatic heterocycles. The fourth-order valence-electron chi connectivity index (χ4n) is 5.61. The summed E-state index contributed by atoms with van der Waals surface area (Å²) in [6.07, 6.45) is 0.129. The molecule has 0 bridgehead atoms. The van der Waals surface area contributed by atoms with Gasteiger partial charge in [-0.1, -0.05) is 11.3 Å². The third kappa shape index (κ3) is 5.56. The molecule has 4 heterocycles. The van der Waals surface area contributed by atoms with Crippen molar-refractivity contribution in [1.82, 2.24) is 19.2 Å². The summed E-state index contributed by atoms with van der Waals surface area (Å²) in [4.78, 5) is 49.9. The number of nitrogens with zero attached hydrogens (tertiary/aromatic N) is 5. The van der Waals surface area contributed by atoms with E-state index in [1.54, 1.807) is 28.0 Å². The molecule has 5 rings (SSSR count). The van der Waals surface area contributed by atoms with Gasteiger partial charge in [0, 0.05) is 56.8 Å². The number of carboxylic acid groups (broad SMARTS) is 1. The zero-order chi connectivity index (χ0) is 30.2. The Morgan fingerprint density at radius 2 is 1.93 bits per heavy atom. The van der Waals surface area contributed by atoms with E-state index in [1.165, 1.54) is 37.5 Å². The number of carbonyl (C=O) groups excluding carboxylic acids is 2. The molecule has 1 aromatic carbocycles. The summed E-state index contributed by atoms with van der Waals surface area (Å²) >= 11 is 1.29. The SMILES string of the molecule is COc1ccc2nc(CC(=O)N3CC4(CCN(C(C)=O)C4)c4cc(S(=O)(=O)N(CCO)CCC(=O)O)ccc43)sc2n1. The molecule has 2 amide bonds. The number of ether oxygens (including phenoxy) is 1. The van der Waals surface area contributed by atoms with E-state index in [4.69, 9.17) is 9.84 Å². The van der Waals surface area contributed by atoms with Crippen molar-refractivity contribution in [3.8, 4) is 5.88 Å². The van der Waals surface area contributed by atoms with Crippen LogP contribution in [0.4, 0.5) is 5.69 Å². The Kier molecular flexibility index (Phi) is 8.20. The van der Waals surface area contributed by atoms with E-state index in [0.717, 1.165) is 4.31 Å². The summed E-state index contributed by atoms with van der Waals surface area (Å²) in [6.45, 7) is 1.50. The monoisotopic (exact) mass is 617 g/mol. The molecule has 15 heteroatoms. The zero-order valence-electron chi connectivity index (χ0n) is 23.1. The number of amides is 2. The minimum Gasteiger partial charge on any atom is -0.481 e. The molecule has 0 saturated carbocycles. The summed E-state index contributed by atoms with van der Waals surface area (Å²) in [5.41, 5.74) is 1.18. The van der Waals surface area contributed by atoms with Crippen LogP contribution in [0.15, 0.2) is 35.2 Å². The fourth-order valence-corrected chi connectivity index (χ4v) is 7.99. The lowest BCUT2D eigenvalue weighted by Crippen LogP contribution is -2.40. The number of aliphatic hydroxyl groups is 1. The van der Waals surface area contributed by atoms with E-state index in [-0.39, 0.29) is 42.8 Å². The number of hydrogen-bond acceptors (Lipinski definition) is 10. The number of thiazole rings is 1. The quantitative estimate of drug-likeness (QED) is 0.337. The molecule has 42 heavy (non-hydrogen) atoms. The predicted molar refractivity (Wildman–Crippen MR) is 153 cm³/mol. The molecular formula is C27H31N5O8S2. The minimum atomic E-state index is -4.16. The van der Waals surface area contributed by atoms with Gasteiger partial charge in [0.1, 0.15) is 15.4 Å². The Bertz CT molecular complexity index is 1660. The standard InChI is InChI=1S/C27H31N5O8S2/c1-17(34)30-10-8-27(15-30)16-32(24(35)14-23-28-20-4-6-22(40-2)29-26(20)41-23)21-5-3-18(13-19(21)27)42(38,39)31(11-12-33)9-7-25(36)37/h3-6,13,33H,7-12,14-16H2,1-2H3,(H,36,37). The third-order valence-electron chi connectivity index (χ3n) is 7.74. The van der Waals surface area contributed by atoms with Crippen LogP contribution in [-0.2, 0) is 36.2 Å². The smallest absolute Gasteiger partial charge is 0.304 e. The van der Waals surface area contributed by atoms with Gasteiger partial charge in [0.05, 0.1) is 31.5 Å². The summed E-state index contributed by atoms with van der Waals surface area (Å²) in [5.74, 6) is -1.04. The lowest BCUT2D eigenvalue weighted by Gasteiger charge is -2.26. The second kappa shape index (κ2) is 11.6. The number of aliphatic carboxylic acids is 1. The van der Waals surface area contributed by atoms with Crippen LogP contribution in [0.2, 0.25) is 0 Å². The highest BCUT2D eigenvalue weighted by atomic mass is 32.2. The maximum atomic E-state index is 13.7. The van der Waals surface area contributed by atoms with Crippen LogP contribution in [0.5, 0.6) is 5.88 Å². The number of sulfonamides is 1. The average Bonchev–Trinajstić information content (AvgIpc) is 3.65. The van der Waals surface area contributed by atoms with E-state index in [1.807, 2.05) is 0 Å². The van der Waals surface area contributed by atoms with Crippen LogP contribution in [0.1, 0.15) is 30.3 Å². The molecule has 1 unspecified atom stereocenters. The summed E-state index contributed by atoms with van der Waals surface area (Å²) in [6, 6.07) is 7.98. The molecule has 2 aliphatic rings. The molecular weight excluding hydrogens is 586 g/mol. The Morgan fingerprint density at radius 3 is 2.60 bits per heavy atom. The summed E-state index contributed by atoms with van der Waals surface area (Å²) < 4.78 is 33.2. The van der Waals surface area contributed by atoms with Crippen LogP contribution in [0, 0.1) is 0 Å². The number of fused-ring (bicyclic) bond motifs is 3. The van der Waals surface area contributed by atoms with Crippen LogP contribution < -0.4 is 9.64 Å². The number of aliphatic hydroxyl groups excluding tert-OH is 1. The highest BCUT2D eigenvalue weighted by molar-refractivity contribution is 7.89. The first-order valence-corrected chi connectivity index (χ1v) is 15.6. The van der Waals surface area contributed by atoms with Crippen LogP contribution in [-0.4, -0.2) is 102 Å². The van der Waals surface area contributed by atoms with Gasteiger partial charge in [-0.3, -0.25) is 14.4 Å².